The van der Waals surface area contributed by atoms with Gasteiger partial charge in [-0.2, -0.15) is 0 Å². The third kappa shape index (κ3) is 5.24. The van der Waals surface area contributed by atoms with Gasteiger partial charge in [0, 0.05) is 24.7 Å². The summed E-state index contributed by atoms with van der Waals surface area (Å²) in [6.07, 6.45) is 5.31. The zero-order chi connectivity index (χ0) is 25.1. The first-order chi connectivity index (χ1) is 16.8. The molecule has 0 aliphatic carbocycles. The Morgan fingerprint density at radius 1 is 1.20 bits per heavy atom. The molecule has 186 valence electrons. The average molecular weight is 495 g/mol. The van der Waals surface area contributed by atoms with E-state index in [1.165, 1.54) is 11.1 Å². The van der Waals surface area contributed by atoms with Crippen molar-refractivity contribution in [1.29, 1.82) is 0 Å². The summed E-state index contributed by atoms with van der Waals surface area (Å²) >= 11 is 6.83. The SMILES string of the molecule is CCCCn1c(-c2c(C)cccc2C)nc(Cl)c1CN1CCCCC1c1ccc(C(N)=O)c(O)c1. The van der Waals surface area contributed by atoms with E-state index in [9.17, 15) is 9.90 Å². The minimum atomic E-state index is -0.625. The van der Waals surface area contributed by atoms with Gasteiger partial charge in [-0.1, -0.05) is 55.6 Å². The Bertz CT molecular complexity index is 1200. The fourth-order valence-electron chi connectivity index (χ4n) is 5.24. The highest BCUT2D eigenvalue weighted by Gasteiger charge is 2.28. The van der Waals surface area contributed by atoms with Crippen molar-refractivity contribution in [2.45, 2.75) is 72.0 Å². The normalized spacial score (nSPS) is 16.5. The van der Waals surface area contributed by atoms with Gasteiger partial charge in [-0.3, -0.25) is 9.69 Å². The lowest BCUT2D eigenvalue weighted by Gasteiger charge is -2.36. The first kappa shape index (κ1) is 25.3. The van der Waals surface area contributed by atoms with Crippen LogP contribution in [0.25, 0.3) is 11.4 Å². The molecule has 6 nitrogen and oxygen atoms in total. The zero-order valence-electron chi connectivity index (χ0n) is 20.9. The van der Waals surface area contributed by atoms with Crippen LogP contribution in [0.1, 0.15) is 77.8 Å². The number of rotatable bonds is 8. The quantitative estimate of drug-likeness (QED) is 0.393. The Morgan fingerprint density at radius 3 is 2.60 bits per heavy atom. The van der Waals surface area contributed by atoms with E-state index >= 15 is 0 Å². The summed E-state index contributed by atoms with van der Waals surface area (Å²) in [5.41, 5.74) is 11.1. The van der Waals surface area contributed by atoms with Gasteiger partial charge < -0.3 is 15.4 Å². The molecule has 2 heterocycles. The molecule has 1 aromatic heterocycles. The number of carbonyl (C=O) groups excluding carboxylic acids is 1. The number of nitrogens with zero attached hydrogens (tertiary/aromatic N) is 3. The number of hydrogen-bond donors (Lipinski definition) is 2. The highest BCUT2D eigenvalue weighted by molar-refractivity contribution is 6.30. The number of aromatic hydroxyl groups is 1. The molecule has 2 aromatic carbocycles. The van der Waals surface area contributed by atoms with Crippen LogP contribution in [0.15, 0.2) is 36.4 Å². The van der Waals surface area contributed by atoms with Crippen LogP contribution in [0.3, 0.4) is 0 Å². The highest BCUT2D eigenvalue weighted by Crippen LogP contribution is 2.37. The Kier molecular flexibility index (Phi) is 7.82. The number of halogens is 1. The summed E-state index contributed by atoms with van der Waals surface area (Å²) < 4.78 is 2.31. The molecule has 0 spiro atoms. The van der Waals surface area contributed by atoms with Crippen molar-refractivity contribution in [3.05, 3.63) is 69.5 Å². The topological polar surface area (TPSA) is 84.4 Å². The van der Waals surface area contributed by atoms with Gasteiger partial charge in [0.25, 0.3) is 5.91 Å². The average Bonchev–Trinajstić information content (AvgIpc) is 3.12. The second kappa shape index (κ2) is 10.8. The third-order valence-corrected chi connectivity index (χ3v) is 7.40. The van der Waals surface area contributed by atoms with E-state index in [0.717, 1.165) is 67.8 Å². The molecule has 3 N–H and O–H groups in total. The molecular formula is C28H35ClN4O2. The second-order valence-electron chi connectivity index (χ2n) is 9.57. The van der Waals surface area contributed by atoms with Gasteiger partial charge in [0.05, 0.1) is 11.3 Å². The molecule has 4 rings (SSSR count). The molecule has 1 aliphatic heterocycles. The van der Waals surface area contributed by atoms with E-state index in [4.69, 9.17) is 22.3 Å². The van der Waals surface area contributed by atoms with Gasteiger partial charge in [0.2, 0.25) is 0 Å². The van der Waals surface area contributed by atoms with Crippen LogP contribution in [0.2, 0.25) is 5.15 Å². The highest BCUT2D eigenvalue weighted by atomic mass is 35.5. The molecule has 1 unspecified atom stereocenters. The van der Waals surface area contributed by atoms with E-state index in [1.54, 1.807) is 12.1 Å². The van der Waals surface area contributed by atoms with Crippen LogP contribution in [-0.2, 0) is 13.1 Å². The third-order valence-electron chi connectivity index (χ3n) is 7.10. The monoisotopic (exact) mass is 494 g/mol. The molecular weight excluding hydrogens is 460 g/mol. The zero-order valence-corrected chi connectivity index (χ0v) is 21.6. The maximum absolute atomic E-state index is 11.6. The van der Waals surface area contributed by atoms with Gasteiger partial charge in [0.15, 0.2) is 5.15 Å². The van der Waals surface area contributed by atoms with Crippen LogP contribution in [0, 0.1) is 13.8 Å². The van der Waals surface area contributed by atoms with Crippen LogP contribution in [0.5, 0.6) is 5.75 Å². The number of piperidine rings is 1. The number of amides is 1. The second-order valence-corrected chi connectivity index (χ2v) is 9.93. The van der Waals surface area contributed by atoms with Crippen LogP contribution in [-0.4, -0.2) is 32.0 Å². The number of unbranched alkanes of at least 4 members (excludes halogenated alkanes) is 1. The number of phenols is 1. The summed E-state index contributed by atoms with van der Waals surface area (Å²) in [4.78, 5) is 18.9. The first-order valence-electron chi connectivity index (χ1n) is 12.5. The van der Waals surface area contributed by atoms with Crippen molar-refractivity contribution in [3.8, 4) is 17.1 Å². The predicted octanol–water partition coefficient (Wildman–Crippen LogP) is 6.15. The van der Waals surface area contributed by atoms with E-state index in [-0.39, 0.29) is 17.4 Å². The molecule has 1 saturated heterocycles. The summed E-state index contributed by atoms with van der Waals surface area (Å²) in [7, 11) is 0. The van der Waals surface area contributed by atoms with E-state index < -0.39 is 5.91 Å². The van der Waals surface area contributed by atoms with Gasteiger partial charge in [-0.15, -0.1) is 0 Å². The van der Waals surface area contributed by atoms with Crippen molar-refractivity contribution in [1.82, 2.24) is 14.5 Å². The lowest BCUT2D eigenvalue weighted by Crippen LogP contribution is -2.34. The molecule has 1 amide bonds. The fraction of sp³-hybridized carbons (Fsp3) is 0.429. The minimum Gasteiger partial charge on any atom is -0.507 e. The number of carbonyl (C=O) groups is 1. The Labute approximate surface area is 212 Å². The number of benzene rings is 2. The predicted molar refractivity (Wildman–Crippen MR) is 141 cm³/mol. The van der Waals surface area contributed by atoms with Crippen LogP contribution < -0.4 is 5.73 Å². The minimum absolute atomic E-state index is 0.0659. The van der Waals surface area contributed by atoms with Crippen molar-refractivity contribution >= 4 is 17.5 Å². The molecule has 0 radical (unpaired) electrons. The molecule has 0 bridgehead atoms. The number of aryl methyl sites for hydroxylation is 2. The maximum Gasteiger partial charge on any atom is 0.252 e. The number of likely N-dealkylation sites (tertiary alicyclic amines) is 1. The summed E-state index contributed by atoms with van der Waals surface area (Å²) in [6, 6.07) is 11.6. The summed E-state index contributed by atoms with van der Waals surface area (Å²) in [5.74, 6) is 0.245. The van der Waals surface area contributed by atoms with Crippen LogP contribution >= 0.6 is 11.6 Å². The summed E-state index contributed by atoms with van der Waals surface area (Å²) in [5, 5.41) is 10.9. The molecule has 7 heteroatoms. The number of aromatic nitrogens is 2. The Morgan fingerprint density at radius 2 is 1.94 bits per heavy atom. The van der Waals surface area contributed by atoms with E-state index in [0.29, 0.717) is 11.7 Å². The fourth-order valence-corrected chi connectivity index (χ4v) is 5.48. The van der Waals surface area contributed by atoms with E-state index in [1.807, 2.05) is 6.07 Å². The van der Waals surface area contributed by atoms with Crippen molar-refractivity contribution in [2.75, 3.05) is 6.54 Å². The lowest BCUT2D eigenvalue weighted by molar-refractivity contribution is 0.0997. The van der Waals surface area contributed by atoms with E-state index in [2.05, 4.69) is 48.4 Å². The molecule has 3 aromatic rings. The summed E-state index contributed by atoms with van der Waals surface area (Å²) in [6.45, 7) is 8.90. The molecule has 1 atom stereocenters. The van der Waals surface area contributed by atoms with Gasteiger partial charge >= 0.3 is 0 Å². The lowest BCUT2D eigenvalue weighted by atomic mass is 9.94. The number of primary amides is 1. The molecule has 0 saturated carbocycles. The Hall–Kier alpha value is -2.83. The van der Waals surface area contributed by atoms with Crippen molar-refractivity contribution < 1.29 is 9.90 Å². The van der Waals surface area contributed by atoms with Gasteiger partial charge in [-0.05, 0) is 68.5 Å². The van der Waals surface area contributed by atoms with Crippen LogP contribution in [0.4, 0.5) is 0 Å². The van der Waals surface area contributed by atoms with Crippen molar-refractivity contribution in [2.24, 2.45) is 5.73 Å². The first-order valence-corrected chi connectivity index (χ1v) is 12.9. The van der Waals surface area contributed by atoms with Crippen molar-refractivity contribution in [3.63, 3.8) is 0 Å². The number of hydrogen-bond acceptors (Lipinski definition) is 4. The maximum atomic E-state index is 11.6. The largest absolute Gasteiger partial charge is 0.507 e. The number of nitrogens with two attached hydrogens (primary N) is 1. The molecule has 1 aliphatic rings. The van der Waals surface area contributed by atoms with Gasteiger partial charge in [-0.25, -0.2) is 4.98 Å². The molecule has 35 heavy (non-hydrogen) atoms. The standard InChI is InChI=1S/C28H35ClN4O2/c1-4-5-15-33-23(26(29)31-28(33)25-18(2)9-8-10-19(25)3)17-32-14-7-6-11-22(32)20-12-13-21(27(30)35)24(34)16-20/h8-10,12-13,16,22,34H,4-7,11,14-15,17H2,1-3H3,(H2,30,35). The smallest absolute Gasteiger partial charge is 0.252 e. The number of imidazole rings is 1. The van der Waals surface area contributed by atoms with Gasteiger partial charge in [0.1, 0.15) is 11.6 Å². The molecule has 1 fully saturated rings. The Balaban J connectivity index is 1.72.